The highest BCUT2D eigenvalue weighted by molar-refractivity contribution is 7.91. The van der Waals surface area contributed by atoms with Crippen molar-refractivity contribution in [2.24, 2.45) is 4.40 Å². The largest absolute Gasteiger partial charge is 0.591 e. The van der Waals surface area contributed by atoms with E-state index in [0.717, 1.165) is 0 Å². The van der Waals surface area contributed by atoms with Gasteiger partial charge in [-0.25, -0.2) is 9.37 Å². The minimum absolute atomic E-state index is 0.0371. The fourth-order valence-electron chi connectivity index (χ4n) is 0.977. The van der Waals surface area contributed by atoms with E-state index in [2.05, 4.69) is 9.38 Å². The number of nitrogens with zero attached hydrogens (tertiary/aromatic N) is 2. The lowest BCUT2D eigenvalue weighted by molar-refractivity contribution is 0.561. The van der Waals surface area contributed by atoms with Crippen LogP contribution in [0.25, 0.3) is 0 Å². The first-order valence-corrected chi connectivity index (χ1v) is 6.50. The van der Waals surface area contributed by atoms with Crippen LogP contribution in [0.1, 0.15) is 33.4 Å². The number of pyridine rings is 1. The van der Waals surface area contributed by atoms with Gasteiger partial charge in [0.25, 0.3) is 0 Å². The van der Waals surface area contributed by atoms with Crippen molar-refractivity contribution < 1.29 is 8.94 Å². The number of halogens is 2. The summed E-state index contributed by atoms with van der Waals surface area (Å²) in [4.78, 5) is 3.83. The lowest BCUT2D eigenvalue weighted by Crippen LogP contribution is -2.27. The Bertz CT molecular complexity index is 446. The lowest BCUT2D eigenvalue weighted by Gasteiger charge is -2.18. The Morgan fingerprint density at radius 1 is 1.47 bits per heavy atom. The number of rotatable bonds is 2. The lowest BCUT2D eigenvalue weighted by atomic mass is 10.2. The molecule has 17 heavy (non-hydrogen) atoms. The molecule has 0 N–H and O–H groups in total. The van der Waals surface area contributed by atoms with E-state index in [4.69, 9.17) is 11.6 Å². The Kier molecular flexibility index (Phi) is 4.52. The second kappa shape index (κ2) is 5.33. The van der Waals surface area contributed by atoms with Crippen molar-refractivity contribution in [2.45, 2.75) is 32.4 Å². The first kappa shape index (κ1) is 14.4. The predicted octanol–water partition coefficient (Wildman–Crippen LogP) is 3.15. The summed E-state index contributed by atoms with van der Waals surface area (Å²) in [5.41, 5.74) is 0.313. The highest BCUT2D eigenvalue weighted by Gasteiger charge is 2.27. The van der Waals surface area contributed by atoms with Crippen molar-refractivity contribution in [1.29, 1.82) is 0 Å². The summed E-state index contributed by atoms with van der Waals surface area (Å²) in [5, 5.41) is 0.178. The van der Waals surface area contributed by atoms with Gasteiger partial charge in [0.15, 0.2) is 5.82 Å². The first-order valence-electron chi connectivity index (χ1n) is 5.01. The summed E-state index contributed by atoms with van der Waals surface area (Å²) in [6, 6.07) is 2.57. The van der Waals surface area contributed by atoms with Crippen molar-refractivity contribution in [1.82, 2.24) is 4.98 Å². The van der Waals surface area contributed by atoms with Crippen LogP contribution in [-0.4, -0.2) is 20.0 Å². The van der Waals surface area contributed by atoms with Crippen molar-refractivity contribution in [3.63, 3.8) is 0 Å². The second-order valence-electron chi connectivity index (χ2n) is 4.50. The molecule has 1 aromatic heterocycles. The predicted molar refractivity (Wildman–Crippen MR) is 69.3 cm³/mol. The van der Waals surface area contributed by atoms with Gasteiger partial charge in [-0.05, 0) is 39.8 Å². The Labute approximate surface area is 108 Å². The molecule has 0 aliphatic heterocycles. The van der Waals surface area contributed by atoms with Crippen LogP contribution in [-0.2, 0) is 11.4 Å². The molecule has 0 amide bonds. The zero-order valence-corrected chi connectivity index (χ0v) is 11.7. The average Bonchev–Trinajstić information content (AvgIpc) is 2.20. The highest BCUT2D eigenvalue weighted by Crippen LogP contribution is 2.19. The van der Waals surface area contributed by atoms with Crippen LogP contribution in [0.5, 0.6) is 0 Å². The molecule has 0 aliphatic rings. The summed E-state index contributed by atoms with van der Waals surface area (Å²) in [6.45, 7) is 6.94. The van der Waals surface area contributed by atoms with Gasteiger partial charge in [-0.1, -0.05) is 16.0 Å². The van der Waals surface area contributed by atoms with Crippen LogP contribution < -0.4 is 0 Å². The number of aromatic nitrogens is 1. The van der Waals surface area contributed by atoms with Gasteiger partial charge in [-0.15, -0.1) is 0 Å². The molecule has 3 nitrogen and oxygen atoms in total. The maximum absolute atomic E-state index is 13.5. The maximum atomic E-state index is 13.5. The molecule has 0 spiro atoms. The third-order valence-corrected chi connectivity index (χ3v) is 3.60. The number of hydrogen-bond donors (Lipinski definition) is 0. The van der Waals surface area contributed by atoms with Crippen LogP contribution in [0.3, 0.4) is 0 Å². The van der Waals surface area contributed by atoms with Crippen LogP contribution in [0.4, 0.5) is 4.39 Å². The molecule has 0 bridgehead atoms. The van der Waals surface area contributed by atoms with Gasteiger partial charge < -0.3 is 4.55 Å². The van der Waals surface area contributed by atoms with Gasteiger partial charge in [0, 0.05) is 0 Å². The molecule has 1 atom stereocenters. The maximum Gasteiger partial charge on any atom is 0.151 e. The molecular weight excluding hydrogens is 263 g/mol. The van der Waals surface area contributed by atoms with Gasteiger partial charge >= 0.3 is 0 Å². The SMILES string of the molecule is CC(=N[S+]([O-])C(C)(C)C)c1nc(Cl)ccc1F. The summed E-state index contributed by atoms with van der Waals surface area (Å²) in [7, 11) is 0. The van der Waals surface area contributed by atoms with Crippen molar-refractivity contribution in [3.8, 4) is 0 Å². The molecule has 1 heterocycles. The van der Waals surface area contributed by atoms with Crippen LogP contribution >= 0.6 is 11.6 Å². The Balaban J connectivity index is 3.08. The van der Waals surface area contributed by atoms with Gasteiger partial charge in [-0.2, -0.15) is 0 Å². The van der Waals surface area contributed by atoms with Gasteiger partial charge in [0.2, 0.25) is 0 Å². The van der Waals surface area contributed by atoms with E-state index in [1.807, 2.05) is 0 Å². The zero-order chi connectivity index (χ0) is 13.2. The van der Waals surface area contributed by atoms with E-state index in [1.54, 1.807) is 27.7 Å². The van der Waals surface area contributed by atoms with Gasteiger partial charge in [0.1, 0.15) is 32.7 Å². The molecule has 6 heteroatoms. The third kappa shape index (κ3) is 3.94. The summed E-state index contributed by atoms with van der Waals surface area (Å²) >= 11 is 4.23. The molecule has 0 saturated carbocycles. The minimum Gasteiger partial charge on any atom is -0.591 e. The fourth-order valence-corrected chi connectivity index (χ4v) is 1.73. The van der Waals surface area contributed by atoms with E-state index in [0.29, 0.717) is 0 Å². The fraction of sp³-hybridized carbons (Fsp3) is 0.455. The Morgan fingerprint density at radius 2 is 2.06 bits per heavy atom. The van der Waals surface area contributed by atoms with E-state index in [1.165, 1.54) is 12.1 Å². The van der Waals surface area contributed by atoms with E-state index in [9.17, 15) is 8.94 Å². The quantitative estimate of drug-likeness (QED) is 0.473. The molecule has 0 aromatic carbocycles. The van der Waals surface area contributed by atoms with Crippen LogP contribution in [0.15, 0.2) is 16.5 Å². The zero-order valence-electron chi connectivity index (χ0n) is 10.1. The Hall–Kier alpha value is -0.650. The summed E-state index contributed by atoms with van der Waals surface area (Å²) in [5.74, 6) is -0.526. The summed E-state index contributed by atoms with van der Waals surface area (Å²) in [6.07, 6.45) is 0. The Morgan fingerprint density at radius 3 is 2.59 bits per heavy atom. The molecule has 1 unspecified atom stereocenters. The molecule has 1 aromatic rings. The molecular formula is C11H14ClFN2OS. The summed E-state index contributed by atoms with van der Waals surface area (Å²) < 4.78 is 28.7. The monoisotopic (exact) mass is 276 g/mol. The van der Waals surface area contributed by atoms with Crippen molar-refractivity contribution in [2.75, 3.05) is 0 Å². The smallest absolute Gasteiger partial charge is 0.151 e. The van der Waals surface area contributed by atoms with Crippen LogP contribution in [0, 0.1) is 5.82 Å². The molecule has 0 aliphatic carbocycles. The van der Waals surface area contributed by atoms with Gasteiger partial charge in [0.05, 0.1) is 0 Å². The van der Waals surface area contributed by atoms with E-state index in [-0.39, 0.29) is 16.6 Å². The molecule has 1 rings (SSSR count). The third-order valence-electron chi connectivity index (χ3n) is 1.90. The van der Waals surface area contributed by atoms with E-state index >= 15 is 0 Å². The molecule has 0 saturated heterocycles. The average molecular weight is 277 g/mol. The van der Waals surface area contributed by atoms with Crippen molar-refractivity contribution >= 4 is 28.7 Å². The van der Waals surface area contributed by atoms with Crippen molar-refractivity contribution in [3.05, 3.63) is 28.8 Å². The van der Waals surface area contributed by atoms with Crippen LogP contribution in [0.2, 0.25) is 5.15 Å². The molecule has 0 fully saturated rings. The molecule has 0 radical (unpaired) electrons. The van der Waals surface area contributed by atoms with Gasteiger partial charge in [-0.3, -0.25) is 0 Å². The molecule has 94 valence electrons. The normalized spacial score (nSPS) is 14.9. The minimum atomic E-state index is -1.44. The highest BCUT2D eigenvalue weighted by atomic mass is 35.5. The first-order chi connectivity index (χ1) is 7.71. The second-order valence-corrected chi connectivity index (χ2v) is 6.80. The number of hydrogen-bond acceptors (Lipinski definition) is 3. The van der Waals surface area contributed by atoms with E-state index < -0.39 is 21.9 Å². The topological polar surface area (TPSA) is 48.3 Å². The standard InChI is InChI=1S/C11H14ClFN2OS/c1-7(15-17(16)11(2,3)4)10-8(13)5-6-9(12)14-10/h5-6H,1-4H3.